The summed E-state index contributed by atoms with van der Waals surface area (Å²) in [6.07, 6.45) is 0.826. The van der Waals surface area contributed by atoms with Gasteiger partial charge in [-0.3, -0.25) is 9.48 Å². The van der Waals surface area contributed by atoms with Crippen molar-refractivity contribution in [2.45, 2.75) is 13.3 Å². The van der Waals surface area contributed by atoms with Crippen LogP contribution in [0, 0.1) is 0 Å². The van der Waals surface area contributed by atoms with Crippen molar-refractivity contribution in [2.75, 3.05) is 0 Å². The Labute approximate surface area is 102 Å². The second kappa shape index (κ2) is 4.29. The summed E-state index contributed by atoms with van der Waals surface area (Å²) in [6.45, 7) is 2.04. The quantitative estimate of drug-likeness (QED) is 0.831. The molecule has 0 N–H and O–H groups in total. The van der Waals surface area contributed by atoms with E-state index in [4.69, 9.17) is 0 Å². The lowest BCUT2D eigenvalue weighted by atomic mass is 10.3. The van der Waals surface area contributed by atoms with Crippen LogP contribution in [0.3, 0.4) is 0 Å². The average Bonchev–Trinajstić information content (AvgIpc) is 2.51. The van der Waals surface area contributed by atoms with Crippen LogP contribution in [0.25, 0.3) is 5.69 Å². The first-order chi connectivity index (χ1) is 7.66. The van der Waals surface area contributed by atoms with E-state index in [0.29, 0.717) is 4.47 Å². The normalized spacial score (nSPS) is 10.7. The molecule has 0 bridgehead atoms. The van der Waals surface area contributed by atoms with Gasteiger partial charge in [-0.05, 0) is 34.5 Å². The summed E-state index contributed by atoms with van der Waals surface area (Å²) in [4.78, 5) is 12.1. The van der Waals surface area contributed by atoms with E-state index in [2.05, 4.69) is 15.9 Å². The van der Waals surface area contributed by atoms with Crippen molar-refractivity contribution < 1.29 is 0 Å². The molecule has 2 aromatic rings. The molecule has 0 saturated heterocycles. The number of benzene rings is 1. The van der Waals surface area contributed by atoms with E-state index in [1.165, 1.54) is 0 Å². The standard InChI is InChI=1S/C12H13BrN2O/c1-3-10-11(13)12(16)15(14(10)2)9-7-5-4-6-8-9/h4-8H,3H2,1-2H3. The molecule has 84 valence electrons. The lowest BCUT2D eigenvalue weighted by Crippen LogP contribution is -2.19. The molecule has 16 heavy (non-hydrogen) atoms. The summed E-state index contributed by atoms with van der Waals surface area (Å²) in [5, 5.41) is 0. The molecule has 2 rings (SSSR count). The fourth-order valence-corrected chi connectivity index (χ4v) is 2.56. The maximum Gasteiger partial charge on any atom is 0.285 e. The van der Waals surface area contributed by atoms with Crippen LogP contribution >= 0.6 is 15.9 Å². The van der Waals surface area contributed by atoms with Crippen LogP contribution in [0.15, 0.2) is 39.6 Å². The van der Waals surface area contributed by atoms with E-state index >= 15 is 0 Å². The Morgan fingerprint density at radius 1 is 1.25 bits per heavy atom. The van der Waals surface area contributed by atoms with Crippen molar-refractivity contribution >= 4 is 15.9 Å². The van der Waals surface area contributed by atoms with Crippen molar-refractivity contribution in [1.29, 1.82) is 0 Å². The minimum absolute atomic E-state index is 0.00875. The highest BCUT2D eigenvalue weighted by molar-refractivity contribution is 9.10. The molecule has 1 heterocycles. The van der Waals surface area contributed by atoms with Crippen molar-refractivity contribution in [3.8, 4) is 5.69 Å². The third-order valence-corrected chi connectivity index (χ3v) is 3.46. The van der Waals surface area contributed by atoms with Crippen molar-refractivity contribution in [3.63, 3.8) is 0 Å². The zero-order valence-electron chi connectivity index (χ0n) is 9.27. The summed E-state index contributed by atoms with van der Waals surface area (Å²) in [5.41, 5.74) is 1.88. The topological polar surface area (TPSA) is 26.9 Å². The Balaban J connectivity index is 2.72. The maximum atomic E-state index is 12.1. The van der Waals surface area contributed by atoms with Gasteiger partial charge in [0.25, 0.3) is 5.56 Å². The minimum atomic E-state index is -0.00875. The smallest absolute Gasteiger partial charge is 0.284 e. The van der Waals surface area contributed by atoms with Crippen LogP contribution in [0.2, 0.25) is 0 Å². The van der Waals surface area contributed by atoms with E-state index in [0.717, 1.165) is 17.8 Å². The molecular weight excluding hydrogens is 268 g/mol. The first-order valence-corrected chi connectivity index (χ1v) is 5.98. The number of hydrogen-bond acceptors (Lipinski definition) is 1. The van der Waals surface area contributed by atoms with Gasteiger partial charge in [0.15, 0.2) is 0 Å². The molecule has 0 unspecified atom stereocenters. The van der Waals surface area contributed by atoms with Crippen molar-refractivity contribution in [2.24, 2.45) is 7.05 Å². The van der Waals surface area contributed by atoms with Crippen LogP contribution in [0.1, 0.15) is 12.6 Å². The third-order valence-electron chi connectivity index (χ3n) is 2.66. The number of halogens is 1. The molecule has 0 spiro atoms. The van der Waals surface area contributed by atoms with Gasteiger partial charge < -0.3 is 0 Å². The highest BCUT2D eigenvalue weighted by atomic mass is 79.9. The van der Waals surface area contributed by atoms with Gasteiger partial charge in [-0.1, -0.05) is 25.1 Å². The van der Waals surface area contributed by atoms with E-state index in [9.17, 15) is 4.79 Å². The largest absolute Gasteiger partial charge is 0.285 e. The van der Waals surface area contributed by atoms with Gasteiger partial charge in [-0.15, -0.1) is 0 Å². The van der Waals surface area contributed by atoms with Gasteiger partial charge in [-0.25, -0.2) is 4.68 Å². The van der Waals surface area contributed by atoms with E-state index < -0.39 is 0 Å². The fourth-order valence-electron chi connectivity index (χ4n) is 1.86. The molecule has 0 radical (unpaired) electrons. The van der Waals surface area contributed by atoms with Gasteiger partial charge in [-0.2, -0.15) is 0 Å². The number of para-hydroxylation sites is 1. The van der Waals surface area contributed by atoms with E-state index in [-0.39, 0.29) is 5.56 Å². The lowest BCUT2D eigenvalue weighted by Gasteiger charge is -2.08. The summed E-state index contributed by atoms with van der Waals surface area (Å²) < 4.78 is 4.21. The monoisotopic (exact) mass is 280 g/mol. The predicted molar refractivity (Wildman–Crippen MR) is 68.1 cm³/mol. The van der Waals surface area contributed by atoms with Gasteiger partial charge in [0.1, 0.15) is 4.47 Å². The fraction of sp³-hybridized carbons (Fsp3) is 0.250. The Morgan fingerprint density at radius 3 is 2.38 bits per heavy atom. The summed E-state index contributed by atoms with van der Waals surface area (Å²) >= 11 is 3.36. The molecule has 0 atom stereocenters. The zero-order chi connectivity index (χ0) is 11.7. The lowest BCUT2D eigenvalue weighted by molar-refractivity contribution is 0.618. The highest BCUT2D eigenvalue weighted by Gasteiger charge is 2.14. The molecule has 1 aromatic heterocycles. The van der Waals surface area contributed by atoms with Crippen molar-refractivity contribution in [3.05, 3.63) is 50.9 Å². The molecule has 0 aliphatic carbocycles. The predicted octanol–water partition coefficient (Wildman–Crippen LogP) is 2.50. The minimum Gasteiger partial charge on any atom is -0.284 e. The average molecular weight is 281 g/mol. The molecule has 3 nitrogen and oxygen atoms in total. The molecule has 0 aliphatic heterocycles. The number of nitrogens with zero attached hydrogens (tertiary/aromatic N) is 2. The zero-order valence-corrected chi connectivity index (χ0v) is 10.9. The van der Waals surface area contributed by atoms with Gasteiger partial charge in [0.2, 0.25) is 0 Å². The van der Waals surface area contributed by atoms with Crippen LogP contribution < -0.4 is 5.56 Å². The summed E-state index contributed by atoms with van der Waals surface area (Å²) in [5.74, 6) is 0. The number of rotatable bonds is 2. The number of hydrogen-bond donors (Lipinski definition) is 0. The Morgan fingerprint density at radius 2 is 1.88 bits per heavy atom. The second-order valence-corrected chi connectivity index (χ2v) is 4.38. The summed E-state index contributed by atoms with van der Waals surface area (Å²) in [7, 11) is 1.90. The molecule has 0 fully saturated rings. The molecule has 4 heteroatoms. The SMILES string of the molecule is CCc1c(Br)c(=O)n(-c2ccccc2)n1C. The van der Waals surface area contributed by atoms with Crippen LogP contribution in [-0.2, 0) is 13.5 Å². The summed E-state index contributed by atoms with van der Waals surface area (Å²) in [6, 6.07) is 9.64. The first kappa shape index (κ1) is 11.2. The Kier molecular flexibility index (Phi) is 3.01. The van der Waals surface area contributed by atoms with Crippen molar-refractivity contribution in [1.82, 2.24) is 9.36 Å². The van der Waals surface area contributed by atoms with Gasteiger partial charge >= 0.3 is 0 Å². The molecule has 0 saturated carbocycles. The van der Waals surface area contributed by atoms with E-state index in [1.807, 2.05) is 49.0 Å². The van der Waals surface area contributed by atoms with Crippen LogP contribution in [0.5, 0.6) is 0 Å². The van der Waals surface area contributed by atoms with Gasteiger partial charge in [0, 0.05) is 7.05 Å². The Bertz CT molecular complexity index is 554. The molecule has 1 aromatic carbocycles. The maximum absolute atomic E-state index is 12.1. The molecular formula is C12H13BrN2O. The molecule has 0 amide bonds. The van der Waals surface area contributed by atoms with Crippen LogP contribution in [0.4, 0.5) is 0 Å². The highest BCUT2D eigenvalue weighted by Crippen LogP contribution is 2.15. The Hall–Kier alpha value is -1.29. The van der Waals surface area contributed by atoms with Crippen LogP contribution in [-0.4, -0.2) is 9.36 Å². The second-order valence-electron chi connectivity index (χ2n) is 3.59. The number of aromatic nitrogens is 2. The first-order valence-electron chi connectivity index (χ1n) is 5.18. The van der Waals surface area contributed by atoms with Gasteiger partial charge in [0.05, 0.1) is 11.4 Å². The van der Waals surface area contributed by atoms with E-state index in [1.54, 1.807) is 4.68 Å². The molecule has 0 aliphatic rings. The third kappa shape index (κ3) is 1.63.